The molecule has 3 unspecified atom stereocenters. The third-order valence-corrected chi connectivity index (χ3v) is 17.3. The molecule has 0 aliphatic heterocycles. The van der Waals surface area contributed by atoms with E-state index in [1.165, 1.54) is 295 Å². The lowest BCUT2D eigenvalue weighted by Crippen LogP contribution is -2.45. The highest BCUT2D eigenvalue weighted by Crippen LogP contribution is 2.38. The molecule has 2 N–H and O–H groups in total. The first-order chi connectivity index (χ1) is 39.0. The molecule has 0 radical (unpaired) electrons. The molecule has 0 heterocycles. The van der Waals surface area contributed by atoms with Crippen LogP contribution in [0.25, 0.3) is 0 Å². The van der Waals surface area contributed by atoms with Crippen molar-refractivity contribution in [1.29, 1.82) is 0 Å². The highest BCUT2D eigenvalue weighted by atomic mass is 31.2. The van der Waals surface area contributed by atoms with E-state index in [2.05, 4.69) is 43.5 Å². The van der Waals surface area contributed by atoms with Crippen LogP contribution in [0.3, 0.4) is 0 Å². The molecule has 80 heavy (non-hydrogen) atoms. The summed E-state index contributed by atoms with van der Waals surface area (Å²) in [6, 6.07) is -0.885. The molecule has 1 amide bonds. The topological polar surface area (TPSA) is 108 Å². The van der Waals surface area contributed by atoms with Gasteiger partial charge in [-0.3, -0.25) is 9.36 Å². The minimum atomic E-state index is -4.60. The number of allylic oxidation sites excluding steroid dienone is 5. The summed E-state index contributed by atoms with van der Waals surface area (Å²) >= 11 is 0. The summed E-state index contributed by atoms with van der Waals surface area (Å²) in [6.45, 7) is 4.69. The third-order valence-electron chi connectivity index (χ3n) is 16.3. The second kappa shape index (κ2) is 62.3. The quantitative estimate of drug-likeness (QED) is 0.0272. The Morgan fingerprint density at radius 3 is 1.04 bits per heavy atom. The predicted molar refractivity (Wildman–Crippen MR) is 348 cm³/mol. The minimum Gasteiger partial charge on any atom is -0.756 e. The first-order valence-electron chi connectivity index (χ1n) is 35.4. The minimum absolute atomic E-state index is 0.00163. The maximum Gasteiger partial charge on any atom is 0.268 e. The lowest BCUT2D eigenvalue weighted by molar-refractivity contribution is -0.870. The Balaban J connectivity index is 3.91. The van der Waals surface area contributed by atoms with Gasteiger partial charge in [-0.05, 0) is 51.4 Å². The van der Waals surface area contributed by atoms with Gasteiger partial charge in [-0.2, -0.15) is 0 Å². The largest absolute Gasteiger partial charge is 0.756 e. The lowest BCUT2D eigenvalue weighted by atomic mass is 10.0. The summed E-state index contributed by atoms with van der Waals surface area (Å²) in [6.07, 6.45) is 82.8. The van der Waals surface area contributed by atoms with Crippen LogP contribution in [-0.2, 0) is 18.4 Å². The number of phosphoric ester groups is 1. The van der Waals surface area contributed by atoms with Crippen LogP contribution in [0, 0.1) is 0 Å². The zero-order chi connectivity index (χ0) is 58.4. The molecule has 0 fully saturated rings. The first kappa shape index (κ1) is 78.7. The van der Waals surface area contributed by atoms with E-state index in [0.29, 0.717) is 17.4 Å². The van der Waals surface area contributed by atoms with Crippen LogP contribution in [0.2, 0.25) is 0 Å². The predicted octanol–water partition coefficient (Wildman–Crippen LogP) is 21.8. The van der Waals surface area contributed by atoms with Gasteiger partial charge in [0.15, 0.2) is 0 Å². The molecule has 0 saturated carbocycles. The molecule has 0 rings (SSSR count). The maximum absolute atomic E-state index is 13.0. The molecule has 0 spiro atoms. The molecule has 0 aromatic rings. The Hall–Kier alpha value is -1.28. The Morgan fingerprint density at radius 1 is 0.438 bits per heavy atom. The summed E-state index contributed by atoms with van der Waals surface area (Å²) < 4.78 is 23.4. The number of nitrogens with zero attached hydrogens (tertiary/aromatic N) is 1. The first-order valence-corrected chi connectivity index (χ1v) is 36.8. The van der Waals surface area contributed by atoms with E-state index < -0.39 is 20.0 Å². The molecule has 0 aromatic heterocycles. The van der Waals surface area contributed by atoms with E-state index in [9.17, 15) is 19.4 Å². The van der Waals surface area contributed by atoms with Crippen LogP contribution < -0.4 is 10.2 Å². The molecule has 0 aliphatic rings. The second-order valence-electron chi connectivity index (χ2n) is 25.6. The number of carbonyl (C=O) groups excluding carboxylic acids is 1. The van der Waals surface area contributed by atoms with Crippen molar-refractivity contribution in [3.05, 3.63) is 36.5 Å². The maximum atomic E-state index is 13.0. The van der Waals surface area contributed by atoms with Crippen LogP contribution in [-0.4, -0.2) is 68.5 Å². The van der Waals surface area contributed by atoms with Gasteiger partial charge in [0.05, 0.1) is 39.9 Å². The summed E-state index contributed by atoms with van der Waals surface area (Å²) in [7, 11) is 1.28. The van der Waals surface area contributed by atoms with E-state index in [1.807, 2.05) is 27.2 Å². The Kier molecular flexibility index (Phi) is 61.3. The van der Waals surface area contributed by atoms with E-state index in [0.717, 1.165) is 44.9 Å². The van der Waals surface area contributed by atoms with Gasteiger partial charge < -0.3 is 28.8 Å². The van der Waals surface area contributed by atoms with Crippen LogP contribution in [0.1, 0.15) is 361 Å². The molecule has 0 aliphatic carbocycles. The van der Waals surface area contributed by atoms with E-state index >= 15 is 0 Å². The zero-order valence-corrected chi connectivity index (χ0v) is 55.2. The van der Waals surface area contributed by atoms with Gasteiger partial charge in [0.2, 0.25) is 5.91 Å². The summed E-state index contributed by atoms with van der Waals surface area (Å²) in [5.74, 6) is -0.189. The van der Waals surface area contributed by atoms with Gasteiger partial charge in [0.25, 0.3) is 7.82 Å². The van der Waals surface area contributed by atoms with Gasteiger partial charge in [0, 0.05) is 6.42 Å². The number of carbonyl (C=O) groups is 1. The van der Waals surface area contributed by atoms with Crippen LogP contribution in [0.15, 0.2) is 36.5 Å². The molecular formula is C71H139N2O6P. The van der Waals surface area contributed by atoms with Crippen LogP contribution >= 0.6 is 7.82 Å². The van der Waals surface area contributed by atoms with Crippen molar-refractivity contribution in [3.63, 3.8) is 0 Å². The van der Waals surface area contributed by atoms with Crippen molar-refractivity contribution >= 4 is 13.7 Å². The summed E-state index contributed by atoms with van der Waals surface area (Å²) in [4.78, 5) is 25.6. The van der Waals surface area contributed by atoms with Crippen molar-refractivity contribution in [1.82, 2.24) is 5.32 Å². The number of hydrogen-bond donors (Lipinski definition) is 2. The highest BCUT2D eigenvalue weighted by Gasteiger charge is 2.23. The molecule has 0 saturated heterocycles. The molecule has 0 bridgehead atoms. The van der Waals surface area contributed by atoms with Gasteiger partial charge >= 0.3 is 0 Å². The average molecular weight is 1150 g/mol. The normalized spacial score (nSPS) is 13.8. The van der Waals surface area contributed by atoms with Crippen molar-refractivity contribution < 1.29 is 32.9 Å². The Morgan fingerprint density at radius 2 is 0.725 bits per heavy atom. The monoisotopic (exact) mass is 1150 g/mol. The summed E-state index contributed by atoms with van der Waals surface area (Å²) in [5.41, 5.74) is 0. The number of aliphatic hydroxyl groups is 1. The van der Waals surface area contributed by atoms with Crippen LogP contribution in [0.5, 0.6) is 0 Å². The molecule has 474 valence electrons. The number of unbranched alkanes of at least 4 members (excludes halogenated alkanes) is 49. The fraction of sp³-hybridized carbons (Fsp3) is 0.901. The Bertz CT molecular complexity index is 1400. The molecular weight excluding hydrogens is 1010 g/mol. The summed E-state index contributed by atoms with van der Waals surface area (Å²) in [5, 5.41) is 13.9. The van der Waals surface area contributed by atoms with Gasteiger partial charge in [-0.15, -0.1) is 0 Å². The SMILES string of the molecule is CCCCCCC/C=C\C/C=C\CCCCCCCCCCCCCCCCCCCCCCCCCCCCCC(=O)NC(COP(=O)([O-])OCC[N+](C)(C)C)C(O)/C=C/CCCCCCCCCCCCCCCCCCC. The second-order valence-corrected chi connectivity index (χ2v) is 27.0. The Labute approximate surface area is 499 Å². The van der Waals surface area contributed by atoms with Crippen molar-refractivity contribution in [2.45, 2.75) is 373 Å². The molecule has 0 aromatic carbocycles. The molecule has 9 heteroatoms. The van der Waals surface area contributed by atoms with Crippen molar-refractivity contribution in [3.8, 4) is 0 Å². The number of amides is 1. The average Bonchev–Trinajstić information content (AvgIpc) is 3.42. The van der Waals surface area contributed by atoms with Crippen molar-refractivity contribution in [2.24, 2.45) is 0 Å². The number of nitrogens with one attached hydrogen (secondary N) is 1. The number of rotatable bonds is 66. The molecule has 3 atom stereocenters. The molecule has 8 nitrogen and oxygen atoms in total. The number of hydrogen-bond acceptors (Lipinski definition) is 6. The zero-order valence-electron chi connectivity index (χ0n) is 54.3. The smallest absolute Gasteiger partial charge is 0.268 e. The van der Waals surface area contributed by atoms with E-state index in [4.69, 9.17) is 9.05 Å². The number of likely N-dealkylation sites (N-methyl/N-ethyl adjacent to an activating group) is 1. The third kappa shape index (κ3) is 64.3. The number of phosphoric acid groups is 1. The fourth-order valence-electron chi connectivity index (χ4n) is 10.8. The van der Waals surface area contributed by atoms with Gasteiger partial charge in [-0.25, -0.2) is 0 Å². The number of quaternary nitrogens is 1. The fourth-order valence-corrected chi connectivity index (χ4v) is 11.6. The van der Waals surface area contributed by atoms with E-state index in [-0.39, 0.29) is 19.1 Å². The van der Waals surface area contributed by atoms with Crippen LogP contribution in [0.4, 0.5) is 0 Å². The van der Waals surface area contributed by atoms with E-state index in [1.54, 1.807) is 6.08 Å². The standard InChI is InChI=1S/C71H139N2O6P/c1-6-8-10-12-14-16-18-20-22-24-26-27-28-29-30-31-32-33-34-35-36-37-38-39-40-41-42-43-44-45-47-49-51-53-55-57-59-61-63-65-71(75)72-69(68-79-80(76,77)78-67-66-73(3,4)5)70(74)64-62-60-58-56-54-52-50-48-46-25-23-21-19-17-15-13-11-9-7-2/h18,20,24,26,62,64,69-70,74H,6-17,19,21-23,25,27-61,63,65-68H2,1-5H3,(H-,72,75,76,77)/b20-18-,26-24-,64-62+. The van der Waals surface area contributed by atoms with Gasteiger partial charge in [-0.1, -0.05) is 339 Å². The number of aliphatic hydroxyl groups excluding tert-OH is 1. The highest BCUT2D eigenvalue weighted by molar-refractivity contribution is 7.45. The lowest BCUT2D eigenvalue weighted by Gasteiger charge is -2.29. The van der Waals surface area contributed by atoms with Gasteiger partial charge in [0.1, 0.15) is 13.2 Å². The van der Waals surface area contributed by atoms with Crippen molar-refractivity contribution in [2.75, 3.05) is 40.9 Å².